The van der Waals surface area contributed by atoms with E-state index in [0.29, 0.717) is 17.7 Å². The number of benzene rings is 3. The van der Waals surface area contributed by atoms with Gasteiger partial charge in [0.15, 0.2) is 0 Å². The van der Waals surface area contributed by atoms with E-state index in [9.17, 15) is 33.6 Å². The largest absolute Gasteiger partial charge is 0.351 e. The number of aryl methyl sites for hydroxylation is 2. The molecule has 0 unspecified atom stereocenters. The Labute approximate surface area is 465 Å². The van der Waals surface area contributed by atoms with E-state index in [1.54, 1.807) is 45.0 Å². The quantitative estimate of drug-likeness (QED) is 0.0913. The first-order valence-corrected chi connectivity index (χ1v) is 28.5. The lowest BCUT2D eigenvalue weighted by molar-refractivity contribution is -0.147. The molecule has 8 amide bonds. The van der Waals surface area contributed by atoms with Crippen LogP contribution in [0.15, 0.2) is 66.7 Å². The highest BCUT2D eigenvalue weighted by atomic mass is 16.2. The Morgan fingerprint density at radius 2 is 1.09 bits per heavy atom. The summed E-state index contributed by atoms with van der Waals surface area (Å²) in [5.74, 6) is -3.25. The molecule has 18 heteroatoms. The number of hydrogen-bond donors (Lipinski definition) is 8. The summed E-state index contributed by atoms with van der Waals surface area (Å²) in [6, 6.07) is 15.3. The van der Waals surface area contributed by atoms with Crippen LogP contribution in [-0.4, -0.2) is 120 Å². The van der Waals surface area contributed by atoms with Gasteiger partial charge in [0.2, 0.25) is 47.3 Å². The molecule has 0 aromatic heterocycles. The summed E-state index contributed by atoms with van der Waals surface area (Å²) >= 11 is 0. The average molecular weight is 1090 g/mol. The number of likely N-dealkylation sites (tertiary alicyclic amines) is 1. The van der Waals surface area contributed by atoms with Gasteiger partial charge in [-0.3, -0.25) is 38.4 Å². The van der Waals surface area contributed by atoms with Crippen LogP contribution < -0.4 is 42.5 Å². The topological polar surface area (TPSA) is 239 Å². The van der Waals surface area contributed by atoms with E-state index in [1.165, 1.54) is 10.5 Å². The Hall–Kier alpha value is -6.66. The second-order valence-corrected chi connectivity index (χ2v) is 24.9. The molecule has 9 atom stereocenters. The summed E-state index contributed by atoms with van der Waals surface area (Å²) in [4.78, 5) is 118. The Kier molecular flexibility index (Phi) is 17.7. The first-order valence-electron chi connectivity index (χ1n) is 28.5. The molecule has 1 saturated carbocycles. The van der Waals surface area contributed by atoms with Gasteiger partial charge in [-0.25, -0.2) is 0 Å². The maximum absolute atomic E-state index is 15.0. The second kappa shape index (κ2) is 24.0. The van der Waals surface area contributed by atoms with Gasteiger partial charge >= 0.3 is 0 Å². The van der Waals surface area contributed by atoms with E-state index in [0.717, 1.165) is 60.8 Å². The molecule has 1 saturated heterocycles. The van der Waals surface area contributed by atoms with E-state index in [2.05, 4.69) is 54.7 Å². The van der Waals surface area contributed by atoms with Crippen molar-refractivity contribution >= 4 is 52.9 Å². The van der Waals surface area contributed by atoms with Crippen molar-refractivity contribution < 1.29 is 38.4 Å². The monoisotopic (exact) mass is 1080 g/mol. The second-order valence-electron chi connectivity index (χ2n) is 24.9. The van der Waals surface area contributed by atoms with E-state index >= 15 is 4.79 Å². The molecule has 18 nitrogen and oxygen atoms in total. The molecule has 79 heavy (non-hydrogen) atoms. The van der Waals surface area contributed by atoms with Crippen LogP contribution in [0.4, 0.5) is 5.69 Å². The van der Waals surface area contributed by atoms with Crippen LogP contribution in [0.5, 0.6) is 0 Å². The molecule has 0 radical (unpaired) electrons. The molecular formula is C61H84N10O8. The fourth-order valence-electron chi connectivity index (χ4n) is 12.0. The molecule has 0 spiro atoms. The molecule has 3 aromatic rings. The van der Waals surface area contributed by atoms with Crippen LogP contribution in [0.3, 0.4) is 0 Å². The lowest BCUT2D eigenvalue weighted by Crippen LogP contribution is -2.62. The van der Waals surface area contributed by atoms with Crippen molar-refractivity contribution in [1.82, 2.24) is 47.0 Å². The SMILES string of the molecule is CN[C@@H](C)C(=O)N[C@H](C(=O)N1Cc2cc(NC(=O)C3(C(=O)N[C@H]4C[C@@H](C(=O)N[C@@H]5CCCc6ccccc65)N(C(=O)[C@@H](NC(=O)[C@H](C)NC)C(C)(C)C)C4)CCC3)ccc2C[C@H]1C(=O)N[C@@H]1CCCc2ccccc21)C(C)(C)C. The molecule has 5 aliphatic rings. The smallest absolute Gasteiger partial charge is 0.246 e. The zero-order chi connectivity index (χ0) is 57.1. The van der Waals surface area contributed by atoms with Crippen molar-refractivity contribution in [2.75, 3.05) is 26.0 Å². The lowest BCUT2D eigenvalue weighted by atomic mass is 9.67. The number of nitrogens with zero attached hydrogens (tertiary/aromatic N) is 2. The molecule has 2 aliphatic heterocycles. The van der Waals surface area contributed by atoms with Gasteiger partial charge in [-0.2, -0.15) is 0 Å². The molecule has 2 heterocycles. The fourth-order valence-corrected chi connectivity index (χ4v) is 12.0. The van der Waals surface area contributed by atoms with Crippen molar-refractivity contribution in [1.29, 1.82) is 0 Å². The molecule has 3 aromatic carbocycles. The maximum Gasteiger partial charge on any atom is 0.246 e. The molecule has 8 rings (SSSR count). The summed E-state index contributed by atoms with van der Waals surface area (Å²) in [6.07, 6.45) is 6.54. The number of fused-ring (bicyclic) bond motifs is 3. The van der Waals surface area contributed by atoms with Gasteiger partial charge in [0, 0.05) is 31.2 Å². The highest BCUT2D eigenvalue weighted by molar-refractivity contribution is 6.11. The van der Waals surface area contributed by atoms with Gasteiger partial charge in [0.1, 0.15) is 29.6 Å². The maximum atomic E-state index is 15.0. The normalized spacial score (nSPS) is 22.9. The number of carbonyl (C=O) groups excluding carboxylic acids is 8. The van der Waals surface area contributed by atoms with Gasteiger partial charge in [-0.1, -0.05) is 103 Å². The third kappa shape index (κ3) is 12.7. The number of rotatable bonds is 16. The minimum atomic E-state index is -1.45. The Bertz CT molecular complexity index is 2820. The summed E-state index contributed by atoms with van der Waals surface area (Å²) < 4.78 is 0. The number of amides is 8. The fraction of sp³-hybridized carbons (Fsp3) is 0.574. The number of anilines is 1. The van der Waals surface area contributed by atoms with Gasteiger partial charge in [0.05, 0.1) is 24.2 Å². The summed E-state index contributed by atoms with van der Waals surface area (Å²) in [5.41, 5.74) is 3.44. The minimum Gasteiger partial charge on any atom is -0.351 e. The predicted molar refractivity (Wildman–Crippen MR) is 302 cm³/mol. The van der Waals surface area contributed by atoms with E-state index in [-0.39, 0.29) is 74.5 Å². The molecular weight excluding hydrogens is 1000 g/mol. The van der Waals surface area contributed by atoms with Gasteiger partial charge in [0.25, 0.3) is 0 Å². The van der Waals surface area contributed by atoms with E-state index < -0.39 is 82.2 Å². The van der Waals surface area contributed by atoms with E-state index in [4.69, 9.17) is 0 Å². The number of nitrogens with one attached hydrogen (secondary N) is 8. The van der Waals surface area contributed by atoms with Crippen molar-refractivity contribution in [2.45, 2.75) is 187 Å². The predicted octanol–water partition coefficient (Wildman–Crippen LogP) is 4.80. The third-order valence-corrected chi connectivity index (χ3v) is 17.3. The zero-order valence-electron chi connectivity index (χ0n) is 47.9. The van der Waals surface area contributed by atoms with Crippen LogP contribution in [0, 0.1) is 16.2 Å². The van der Waals surface area contributed by atoms with Crippen LogP contribution in [0.25, 0.3) is 0 Å². The van der Waals surface area contributed by atoms with Crippen molar-refractivity contribution in [2.24, 2.45) is 16.2 Å². The summed E-state index contributed by atoms with van der Waals surface area (Å²) in [6.45, 7) is 14.6. The lowest BCUT2D eigenvalue weighted by Gasteiger charge is -2.42. The van der Waals surface area contributed by atoms with Crippen LogP contribution in [0.2, 0.25) is 0 Å². The number of carbonyl (C=O) groups is 8. The summed E-state index contributed by atoms with van der Waals surface area (Å²) in [7, 11) is 3.33. The standard InChI is InChI=1S/C61H84N10O8/c1-35(62-9)51(72)68-49(59(3,4)5)55(76)70-33-40-30-41(27-26-39(40)31-47(70)53(74)66-45-24-15-20-37-18-11-13-22-43(37)45)64-57(78)61(28-17-29-61)58(79)65-42-32-48(54(75)67-46-25-16-21-38-19-12-14-23-44(38)46)71(34-42)56(77)50(60(6,7)8)69-52(73)36(2)63-10/h11-14,18-19,22-23,26-27,30,35-36,42,45-50,62-63H,15-17,20-21,24-25,28-29,31-34H2,1-10H3,(H,64,78)(H,65,79)(H,66,74)(H,67,75)(H,68,72)(H,69,73)/t35-,36-,42-,45+,46+,47-,48-,49+,50+/m0/s1. The van der Waals surface area contributed by atoms with Gasteiger partial charge in [-0.05, 0) is 142 Å². The Morgan fingerprint density at radius 1 is 0.582 bits per heavy atom. The first kappa shape index (κ1) is 58.5. The number of hydrogen-bond acceptors (Lipinski definition) is 10. The summed E-state index contributed by atoms with van der Waals surface area (Å²) in [5, 5.41) is 24.4. The van der Waals surface area contributed by atoms with Crippen molar-refractivity contribution in [3.63, 3.8) is 0 Å². The van der Waals surface area contributed by atoms with E-state index in [1.807, 2.05) is 84.0 Å². The molecule has 0 bridgehead atoms. The minimum absolute atomic E-state index is 0.0139. The van der Waals surface area contributed by atoms with Crippen molar-refractivity contribution in [3.8, 4) is 0 Å². The van der Waals surface area contributed by atoms with Crippen LogP contribution in [0.1, 0.15) is 152 Å². The average Bonchev–Trinajstić information content (AvgIpc) is 3.87. The molecule has 3 aliphatic carbocycles. The van der Waals surface area contributed by atoms with Crippen molar-refractivity contribution in [3.05, 3.63) is 100 Å². The van der Waals surface area contributed by atoms with Crippen LogP contribution in [-0.2, 0) is 64.2 Å². The number of likely N-dealkylation sites (N-methyl/N-ethyl adjacent to an activating group) is 2. The zero-order valence-corrected chi connectivity index (χ0v) is 47.9. The molecule has 2 fully saturated rings. The van der Waals surface area contributed by atoms with Crippen LogP contribution >= 0.6 is 0 Å². The highest BCUT2D eigenvalue weighted by Gasteiger charge is 2.53. The Balaban J connectivity index is 1.02. The Morgan fingerprint density at radius 3 is 1.58 bits per heavy atom. The third-order valence-electron chi connectivity index (χ3n) is 17.3. The molecule has 426 valence electrons. The van der Waals surface area contributed by atoms with Gasteiger partial charge < -0.3 is 52.3 Å². The highest BCUT2D eigenvalue weighted by Crippen LogP contribution is 2.43. The van der Waals surface area contributed by atoms with Gasteiger partial charge in [-0.15, -0.1) is 0 Å². The molecule has 8 N–H and O–H groups in total. The first-order chi connectivity index (χ1) is 37.4.